The molecule has 0 saturated heterocycles. The van der Waals surface area contributed by atoms with E-state index in [-0.39, 0.29) is 6.10 Å². The Labute approximate surface area is 68.1 Å². The second kappa shape index (κ2) is 4.02. The van der Waals surface area contributed by atoms with Crippen molar-refractivity contribution in [3.05, 3.63) is 36.6 Å². The highest BCUT2D eigenvalue weighted by atomic mass is 16.5. The van der Waals surface area contributed by atoms with E-state index in [0.717, 1.165) is 18.6 Å². The lowest BCUT2D eigenvalue weighted by Crippen LogP contribution is -2.04. The summed E-state index contributed by atoms with van der Waals surface area (Å²) in [4.78, 5) is 0. The van der Waals surface area contributed by atoms with Gasteiger partial charge in [-0.2, -0.15) is 0 Å². The monoisotopic (exact) mass is 150 g/mol. The Kier molecular flexibility index (Phi) is 2.96. The van der Waals surface area contributed by atoms with Gasteiger partial charge in [0.15, 0.2) is 0 Å². The van der Waals surface area contributed by atoms with Crippen LogP contribution in [0, 0.1) is 0 Å². The highest BCUT2D eigenvalue weighted by Gasteiger charge is 2.02. The topological polar surface area (TPSA) is 9.23 Å². The van der Waals surface area contributed by atoms with Crippen molar-refractivity contribution < 1.29 is 4.74 Å². The molecule has 11 heavy (non-hydrogen) atoms. The average Bonchev–Trinajstić information content (AvgIpc) is 2.06. The number of hydrogen-bond acceptors (Lipinski definition) is 1. The molecule has 0 aromatic rings. The summed E-state index contributed by atoms with van der Waals surface area (Å²) < 4.78 is 5.53. The molecule has 0 amide bonds. The van der Waals surface area contributed by atoms with E-state index in [4.69, 9.17) is 4.74 Å². The molecule has 0 saturated carbocycles. The van der Waals surface area contributed by atoms with E-state index in [1.165, 1.54) is 0 Å². The van der Waals surface area contributed by atoms with Crippen molar-refractivity contribution in [1.29, 1.82) is 0 Å². The minimum Gasteiger partial charge on any atom is -0.491 e. The Bertz CT molecular complexity index is 189. The molecule has 0 fully saturated rings. The van der Waals surface area contributed by atoms with Crippen LogP contribution in [-0.2, 0) is 4.74 Å². The molecule has 0 spiro atoms. The van der Waals surface area contributed by atoms with Gasteiger partial charge in [0, 0.05) is 6.42 Å². The van der Waals surface area contributed by atoms with Gasteiger partial charge < -0.3 is 4.74 Å². The van der Waals surface area contributed by atoms with Gasteiger partial charge in [-0.15, -0.1) is 0 Å². The molecular weight excluding hydrogens is 136 g/mol. The lowest BCUT2D eigenvalue weighted by Gasteiger charge is -2.14. The molecule has 0 radical (unpaired) electrons. The maximum atomic E-state index is 5.53. The summed E-state index contributed by atoms with van der Waals surface area (Å²) in [5.41, 5.74) is 0. The Hall–Kier alpha value is -0.980. The van der Waals surface area contributed by atoms with Crippen LogP contribution in [0.1, 0.15) is 19.8 Å². The standard InChI is InChI=1S/C10H14O/c1-3-9(2)11-10-7-5-4-6-8-10/h3-5,7,9H,1,6,8H2,2H3. The van der Waals surface area contributed by atoms with Gasteiger partial charge in [0.25, 0.3) is 0 Å². The fourth-order valence-corrected chi connectivity index (χ4v) is 0.966. The van der Waals surface area contributed by atoms with E-state index >= 15 is 0 Å². The fraction of sp³-hybridized carbons (Fsp3) is 0.400. The zero-order valence-corrected chi connectivity index (χ0v) is 6.92. The van der Waals surface area contributed by atoms with Crippen molar-refractivity contribution in [2.45, 2.75) is 25.9 Å². The van der Waals surface area contributed by atoms with Gasteiger partial charge in [0.2, 0.25) is 0 Å². The molecule has 0 heterocycles. The second-order valence-electron chi connectivity index (χ2n) is 2.66. The molecule has 1 heteroatoms. The summed E-state index contributed by atoms with van der Waals surface area (Å²) in [6, 6.07) is 0. The summed E-state index contributed by atoms with van der Waals surface area (Å²) >= 11 is 0. The maximum absolute atomic E-state index is 5.53. The summed E-state index contributed by atoms with van der Waals surface area (Å²) in [6.45, 7) is 5.65. The molecule has 1 nitrogen and oxygen atoms in total. The molecule has 0 aromatic heterocycles. The van der Waals surface area contributed by atoms with Crippen LogP contribution in [0.5, 0.6) is 0 Å². The largest absolute Gasteiger partial charge is 0.491 e. The number of hydrogen-bond donors (Lipinski definition) is 0. The molecule has 1 aliphatic carbocycles. The minimum atomic E-state index is 0.132. The lowest BCUT2D eigenvalue weighted by atomic mass is 10.1. The van der Waals surface area contributed by atoms with Gasteiger partial charge in [-0.25, -0.2) is 0 Å². The normalized spacial score (nSPS) is 18.8. The Morgan fingerprint density at radius 1 is 1.73 bits per heavy atom. The molecule has 0 bridgehead atoms. The van der Waals surface area contributed by atoms with E-state index in [2.05, 4.69) is 12.7 Å². The van der Waals surface area contributed by atoms with Crippen LogP contribution in [-0.4, -0.2) is 6.10 Å². The van der Waals surface area contributed by atoms with Gasteiger partial charge >= 0.3 is 0 Å². The summed E-state index contributed by atoms with van der Waals surface area (Å²) in [6.07, 6.45) is 10.3. The van der Waals surface area contributed by atoms with E-state index in [1.807, 2.05) is 19.1 Å². The van der Waals surface area contributed by atoms with E-state index in [9.17, 15) is 0 Å². The minimum absolute atomic E-state index is 0.132. The van der Waals surface area contributed by atoms with Gasteiger partial charge in [0.1, 0.15) is 6.10 Å². The van der Waals surface area contributed by atoms with Crippen LogP contribution in [0.3, 0.4) is 0 Å². The van der Waals surface area contributed by atoms with Crippen LogP contribution in [0.15, 0.2) is 36.6 Å². The third-order valence-corrected chi connectivity index (χ3v) is 1.64. The number of ether oxygens (including phenoxy) is 1. The fourth-order valence-electron chi connectivity index (χ4n) is 0.966. The first kappa shape index (κ1) is 8.12. The van der Waals surface area contributed by atoms with Crippen LogP contribution < -0.4 is 0 Å². The van der Waals surface area contributed by atoms with Crippen molar-refractivity contribution in [3.63, 3.8) is 0 Å². The third kappa shape index (κ3) is 2.62. The van der Waals surface area contributed by atoms with Crippen molar-refractivity contribution in [2.24, 2.45) is 0 Å². The van der Waals surface area contributed by atoms with Crippen LogP contribution >= 0.6 is 0 Å². The van der Waals surface area contributed by atoms with E-state index < -0.39 is 0 Å². The highest BCUT2D eigenvalue weighted by Crippen LogP contribution is 2.14. The molecular formula is C10H14O. The SMILES string of the molecule is C=CC(C)OC1=CC=CCC1. The third-order valence-electron chi connectivity index (χ3n) is 1.64. The summed E-state index contributed by atoms with van der Waals surface area (Å²) in [5, 5.41) is 0. The maximum Gasteiger partial charge on any atom is 0.113 e. The van der Waals surface area contributed by atoms with Crippen LogP contribution in [0.2, 0.25) is 0 Å². The summed E-state index contributed by atoms with van der Waals surface area (Å²) in [7, 11) is 0. The van der Waals surface area contributed by atoms with Crippen molar-refractivity contribution >= 4 is 0 Å². The molecule has 0 N–H and O–H groups in total. The van der Waals surface area contributed by atoms with Crippen molar-refractivity contribution in [1.82, 2.24) is 0 Å². The number of rotatable bonds is 3. The molecule has 1 rings (SSSR count). The lowest BCUT2D eigenvalue weighted by molar-refractivity contribution is 0.161. The van der Waals surface area contributed by atoms with Crippen LogP contribution in [0.25, 0.3) is 0 Å². The van der Waals surface area contributed by atoms with Crippen molar-refractivity contribution in [3.8, 4) is 0 Å². The highest BCUT2D eigenvalue weighted by molar-refractivity contribution is 5.13. The average molecular weight is 150 g/mol. The van der Waals surface area contributed by atoms with Crippen molar-refractivity contribution in [2.75, 3.05) is 0 Å². The molecule has 0 aromatic carbocycles. The predicted octanol–water partition coefficient (Wildman–Crippen LogP) is 2.81. The molecule has 0 aliphatic heterocycles. The van der Waals surface area contributed by atoms with Gasteiger partial charge in [-0.05, 0) is 19.4 Å². The van der Waals surface area contributed by atoms with E-state index in [0.29, 0.717) is 0 Å². The zero-order chi connectivity index (χ0) is 8.10. The zero-order valence-electron chi connectivity index (χ0n) is 6.92. The smallest absolute Gasteiger partial charge is 0.113 e. The predicted molar refractivity (Wildman–Crippen MR) is 47.2 cm³/mol. The van der Waals surface area contributed by atoms with Gasteiger partial charge in [0.05, 0.1) is 5.76 Å². The molecule has 60 valence electrons. The first-order valence-corrected chi connectivity index (χ1v) is 3.98. The Morgan fingerprint density at radius 2 is 2.55 bits per heavy atom. The molecule has 1 unspecified atom stereocenters. The van der Waals surface area contributed by atoms with Gasteiger partial charge in [-0.1, -0.05) is 24.8 Å². The first-order chi connectivity index (χ1) is 5.33. The second-order valence-corrected chi connectivity index (χ2v) is 2.66. The Balaban J connectivity index is 2.41. The molecule has 1 atom stereocenters. The van der Waals surface area contributed by atoms with Crippen LogP contribution in [0.4, 0.5) is 0 Å². The number of allylic oxidation sites excluding steroid dienone is 4. The first-order valence-electron chi connectivity index (χ1n) is 3.98. The van der Waals surface area contributed by atoms with Gasteiger partial charge in [-0.3, -0.25) is 0 Å². The summed E-state index contributed by atoms with van der Waals surface area (Å²) in [5.74, 6) is 1.07. The van der Waals surface area contributed by atoms with E-state index in [1.54, 1.807) is 6.08 Å². The quantitative estimate of drug-likeness (QED) is 0.562. The Morgan fingerprint density at radius 3 is 3.09 bits per heavy atom. The molecule has 1 aliphatic rings.